The molecule has 3 N–H and O–H groups in total. The molecule has 0 aliphatic carbocycles. The highest BCUT2D eigenvalue weighted by Crippen LogP contribution is 2.30. The Morgan fingerprint density at radius 2 is 1.72 bits per heavy atom. The molecule has 10 heteroatoms. The van der Waals surface area contributed by atoms with Crippen LogP contribution >= 0.6 is 0 Å². The molecule has 1 heterocycles. The van der Waals surface area contributed by atoms with Gasteiger partial charge < -0.3 is 20.7 Å². The third kappa shape index (κ3) is 5.58. The smallest absolute Gasteiger partial charge is 0.416 e. The Hall–Kier alpha value is -3.82. The minimum atomic E-state index is -4.48. The number of amides is 2. The highest BCUT2D eigenvalue weighted by molar-refractivity contribution is 5.99. The zero-order chi connectivity index (χ0) is 20.9. The van der Waals surface area contributed by atoms with Crippen molar-refractivity contribution in [3.8, 4) is 11.6 Å². The van der Waals surface area contributed by atoms with Gasteiger partial charge in [0.1, 0.15) is 5.75 Å². The number of anilines is 3. The Balaban J connectivity index is 1.60. The zero-order valence-corrected chi connectivity index (χ0v) is 15.1. The van der Waals surface area contributed by atoms with Gasteiger partial charge >= 0.3 is 12.2 Å². The van der Waals surface area contributed by atoms with E-state index in [2.05, 4.69) is 25.9 Å². The van der Waals surface area contributed by atoms with Gasteiger partial charge in [0, 0.05) is 30.7 Å². The fraction of sp³-hybridized carbons (Fsp3) is 0.105. The molecule has 0 saturated carbocycles. The van der Waals surface area contributed by atoms with E-state index in [9.17, 15) is 18.0 Å². The minimum absolute atomic E-state index is 0.0291. The van der Waals surface area contributed by atoms with Crippen molar-refractivity contribution in [2.75, 3.05) is 23.0 Å². The zero-order valence-electron chi connectivity index (χ0n) is 15.1. The van der Waals surface area contributed by atoms with E-state index < -0.39 is 17.8 Å². The Kier molecular flexibility index (Phi) is 5.82. The lowest BCUT2D eigenvalue weighted by Crippen LogP contribution is -2.19. The Morgan fingerprint density at radius 1 is 1.00 bits per heavy atom. The third-order valence-corrected chi connectivity index (χ3v) is 3.64. The number of hydrogen-bond donors (Lipinski definition) is 3. The summed E-state index contributed by atoms with van der Waals surface area (Å²) in [6.07, 6.45) is -2.94. The standard InChI is InChI=1S/C19H16F3N5O2/c1-23-17-24-10-9-16(27-17)29-15-7-5-13(6-8-15)25-18(28)26-14-4-2-3-12(11-14)19(20,21)22/h2-11H,1H3,(H,23,24,27)(H2,25,26,28). The van der Waals surface area contributed by atoms with Crippen molar-refractivity contribution >= 4 is 23.4 Å². The summed E-state index contributed by atoms with van der Waals surface area (Å²) in [5.41, 5.74) is -0.384. The number of nitrogens with zero attached hydrogens (tertiary/aromatic N) is 2. The van der Waals surface area contributed by atoms with E-state index >= 15 is 0 Å². The van der Waals surface area contributed by atoms with Crippen LogP contribution in [0.3, 0.4) is 0 Å². The topological polar surface area (TPSA) is 88.2 Å². The van der Waals surface area contributed by atoms with Gasteiger partial charge in [0.25, 0.3) is 0 Å². The summed E-state index contributed by atoms with van der Waals surface area (Å²) in [4.78, 5) is 20.1. The van der Waals surface area contributed by atoms with Crippen molar-refractivity contribution in [3.63, 3.8) is 0 Å². The molecular weight excluding hydrogens is 387 g/mol. The maximum Gasteiger partial charge on any atom is 0.416 e. The van der Waals surface area contributed by atoms with Gasteiger partial charge in [-0.25, -0.2) is 9.78 Å². The van der Waals surface area contributed by atoms with Gasteiger partial charge in [0.05, 0.1) is 5.56 Å². The second kappa shape index (κ2) is 8.46. The van der Waals surface area contributed by atoms with E-state index in [0.717, 1.165) is 12.1 Å². The molecule has 0 aliphatic heterocycles. The molecule has 2 aromatic carbocycles. The molecule has 150 valence electrons. The number of carbonyl (C=O) groups is 1. The average Bonchev–Trinajstić information content (AvgIpc) is 2.69. The van der Waals surface area contributed by atoms with Crippen molar-refractivity contribution in [1.29, 1.82) is 0 Å². The van der Waals surface area contributed by atoms with E-state index in [1.807, 2.05) is 0 Å². The van der Waals surface area contributed by atoms with Gasteiger partial charge in [-0.3, -0.25) is 0 Å². The van der Waals surface area contributed by atoms with Crippen LogP contribution in [0.15, 0.2) is 60.8 Å². The van der Waals surface area contributed by atoms with E-state index in [4.69, 9.17) is 4.74 Å². The monoisotopic (exact) mass is 403 g/mol. The van der Waals surface area contributed by atoms with Crippen LogP contribution in [-0.2, 0) is 6.18 Å². The molecule has 0 unspecified atom stereocenters. The van der Waals surface area contributed by atoms with Gasteiger partial charge in [0.15, 0.2) is 0 Å². The first kappa shape index (κ1) is 19.9. The highest BCUT2D eigenvalue weighted by Gasteiger charge is 2.30. The molecule has 2 amide bonds. The fourth-order valence-corrected chi connectivity index (χ4v) is 2.31. The van der Waals surface area contributed by atoms with Crippen LogP contribution in [0.4, 0.5) is 35.3 Å². The van der Waals surface area contributed by atoms with Crippen LogP contribution in [0.1, 0.15) is 5.56 Å². The average molecular weight is 403 g/mol. The van der Waals surface area contributed by atoms with Crippen LogP contribution in [0.2, 0.25) is 0 Å². The minimum Gasteiger partial charge on any atom is -0.439 e. The van der Waals surface area contributed by atoms with Crippen LogP contribution in [0.5, 0.6) is 11.6 Å². The molecule has 0 saturated heterocycles. The highest BCUT2D eigenvalue weighted by atomic mass is 19.4. The number of aromatic nitrogens is 2. The number of benzene rings is 2. The van der Waals surface area contributed by atoms with Crippen LogP contribution in [0, 0.1) is 0 Å². The second-order valence-corrected chi connectivity index (χ2v) is 5.75. The number of halogens is 3. The van der Waals surface area contributed by atoms with Crippen LogP contribution in [0.25, 0.3) is 0 Å². The first-order valence-electron chi connectivity index (χ1n) is 8.37. The summed E-state index contributed by atoms with van der Waals surface area (Å²) < 4.78 is 43.8. The molecular formula is C19H16F3N5O2. The largest absolute Gasteiger partial charge is 0.439 e. The summed E-state index contributed by atoms with van der Waals surface area (Å²) >= 11 is 0. The number of rotatable bonds is 5. The van der Waals surface area contributed by atoms with Crippen molar-refractivity contribution in [2.45, 2.75) is 6.18 Å². The first-order chi connectivity index (χ1) is 13.8. The molecule has 0 aliphatic rings. The number of alkyl halides is 3. The van der Waals surface area contributed by atoms with Crippen molar-refractivity contribution in [3.05, 3.63) is 66.4 Å². The molecule has 3 aromatic rings. The van der Waals surface area contributed by atoms with Crippen LogP contribution < -0.4 is 20.7 Å². The maximum atomic E-state index is 12.7. The summed E-state index contributed by atoms with van der Waals surface area (Å²) in [5, 5.41) is 7.70. The number of hydrogen-bond acceptors (Lipinski definition) is 5. The molecule has 0 fully saturated rings. The lowest BCUT2D eigenvalue weighted by Gasteiger charge is -2.11. The second-order valence-electron chi connectivity index (χ2n) is 5.75. The summed E-state index contributed by atoms with van der Waals surface area (Å²) in [6, 6.07) is 11.7. The molecule has 0 spiro atoms. The van der Waals surface area contributed by atoms with Gasteiger partial charge in [-0.05, 0) is 42.5 Å². The molecule has 1 aromatic heterocycles. The normalized spacial score (nSPS) is 10.9. The summed E-state index contributed by atoms with van der Waals surface area (Å²) in [5.74, 6) is 1.23. The van der Waals surface area contributed by atoms with Gasteiger partial charge in [-0.15, -0.1) is 0 Å². The fourth-order valence-electron chi connectivity index (χ4n) is 2.31. The summed E-state index contributed by atoms with van der Waals surface area (Å²) in [6.45, 7) is 0. The van der Waals surface area contributed by atoms with Crippen molar-refractivity contribution in [2.24, 2.45) is 0 Å². The van der Waals surface area contributed by atoms with Gasteiger partial charge in [-0.2, -0.15) is 18.2 Å². The molecule has 0 bridgehead atoms. The van der Waals surface area contributed by atoms with Crippen molar-refractivity contribution in [1.82, 2.24) is 9.97 Å². The molecule has 3 rings (SSSR count). The summed E-state index contributed by atoms with van der Waals surface area (Å²) in [7, 11) is 1.68. The van der Waals surface area contributed by atoms with Crippen molar-refractivity contribution < 1.29 is 22.7 Å². The molecule has 7 nitrogen and oxygen atoms in total. The molecule has 0 radical (unpaired) electrons. The molecule has 0 atom stereocenters. The first-order valence-corrected chi connectivity index (χ1v) is 8.37. The lowest BCUT2D eigenvalue weighted by molar-refractivity contribution is -0.137. The lowest BCUT2D eigenvalue weighted by atomic mass is 10.2. The van der Waals surface area contributed by atoms with Gasteiger partial charge in [0.2, 0.25) is 11.8 Å². The predicted molar refractivity (Wildman–Crippen MR) is 102 cm³/mol. The van der Waals surface area contributed by atoms with Gasteiger partial charge in [-0.1, -0.05) is 6.07 Å². The Bertz CT molecular complexity index is 994. The van der Waals surface area contributed by atoms with E-state index in [1.165, 1.54) is 12.1 Å². The van der Waals surface area contributed by atoms with E-state index in [-0.39, 0.29) is 5.69 Å². The number of ether oxygens (including phenoxy) is 1. The van der Waals surface area contributed by atoms with Crippen LogP contribution in [-0.4, -0.2) is 23.0 Å². The van der Waals surface area contributed by atoms with E-state index in [0.29, 0.717) is 23.3 Å². The number of carbonyl (C=O) groups excluding carboxylic acids is 1. The number of nitrogens with one attached hydrogen (secondary N) is 3. The Labute approximate surface area is 164 Å². The maximum absolute atomic E-state index is 12.7. The Morgan fingerprint density at radius 3 is 2.41 bits per heavy atom. The quantitative estimate of drug-likeness (QED) is 0.560. The SMILES string of the molecule is CNc1nccc(Oc2ccc(NC(=O)Nc3cccc(C(F)(F)F)c3)cc2)n1. The number of urea groups is 1. The third-order valence-electron chi connectivity index (χ3n) is 3.64. The molecule has 29 heavy (non-hydrogen) atoms. The van der Waals surface area contributed by atoms with E-state index in [1.54, 1.807) is 43.6 Å². The predicted octanol–water partition coefficient (Wildman–Crippen LogP) is 4.97.